The Morgan fingerprint density at radius 3 is 2.55 bits per heavy atom. The monoisotopic (exact) mass is 395 g/mol. The van der Waals surface area contributed by atoms with Crippen LogP contribution >= 0.6 is 0 Å². The molecule has 0 aliphatic heterocycles. The minimum atomic E-state index is -0.401. The van der Waals surface area contributed by atoms with Crippen LogP contribution in [0.15, 0.2) is 59.6 Å². The minimum Gasteiger partial charge on any atom is -0.507 e. The van der Waals surface area contributed by atoms with Gasteiger partial charge in [-0.2, -0.15) is 0 Å². The Hall–Kier alpha value is -3.08. The third-order valence-electron chi connectivity index (χ3n) is 4.25. The average molecular weight is 395 g/mol. The third-order valence-corrected chi connectivity index (χ3v) is 4.25. The lowest BCUT2D eigenvalue weighted by molar-refractivity contribution is -0.139. The number of rotatable bonds is 11. The number of aliphatic imine (C=N–C) groups is 1. The topological polar surface area (TPSA) is 68.1 Å². The molecule has 0 saturated heterocycles. The highest BCUT2D eigenvalue weighted by Gasteiger charge is 2.04. The highest BCUT2D eigenvalue weighted by molar-refractivity contribution is 5.87. The van der Waals surface area contributed by atoms with Gasteiger partial charge in [-0.05, 0) is 49.6 Å². The van der Waals surface area contributed by atoms with Gasteiger partial charge in [-0.15, -0.1) is 0 Å². The number of ether oxygens (including phenoxy) is 2. The maximum Gasteiger partial charge on any atom is 0.333 e. The number of benzene rings is 2. The first kappa shape index (κ1) is 22.2. The molecule has 0 spiro atoms. The summed E-state index contributed by atoms with van der Waals surface area (Å²) < 4.78 is 10.6. The molecule has 0 aromatic heterocycles. The molecule has 0 fully saturated rings. The molecular weight excluding hydrogens is 366 g/mol. The second-order valence-corrected chi connectivity index (χ2v) is 6.87. The number of phenols is 1. The summed E-state index contributed by atoms with van der Waals surface area (Å²) in [5, 5.41) is 10.2. The van der Waals surface area contributed by atoms with Crippen LogP contribution in [0.1, 0.15) is 44.2 Å². The summed E-state index contributed by atoms with van der Waals surface area (Å²) in [5.41, 5.74) is 3.14. The Morgan fingerprint density at radius 2 is 1.90 bits per heavy atom. The van der Waals surface area contributed by atoms with Gasteiger partial charge in [0, 0.05) is 29.8 Å². The molecule has 154 valence electrons. The van der Waals surface area contributed by atoms with Crippen LogP contribution in [0.25, 0.3) is 0 Å². The molecule has 0 unspecified atom stereocenters. The second kappa shape index (κ2) is 11.7. The molecule has 0 atom stereocenters. The van der Waals surface area contributed by atoms with E-state index in [9.17, 15) is 9.90 Å². The van der Waals surface area contributed by atoms with E-state index >= 15 is 0 Å². The van der Waals surface area contributed by atoms with Crippen molar-refractivity contribution in [2.75, 3.05) is 13.2 Å². The summed E-state index contributed by atoms with van der Waals surface area (Å²) in [5.74, 6) is 0.243. The van der Waals surface area contributed by atoms with Crippen LogP contribution in [-0.2, 0) is 16.0 Å². The minimum absolute atomic E-state index is 0.0968. The van der Waals surface area contributed by atoms with Gasteiger partial charge in [0.25, 0.3) is 0 Å². The predicted octanol–water partition coefficient (Wildman–Crippen LogP) is 5.37. The summed E-state index contributed by atoms with van der Waals surface area (Å²) in [6.45, 7) is 7.95. The van der Waals surface area contributed by atoms with Crippen molar-refractivity contribution in [2.45, 2.75) is 39.5 Å². The van der Waals surface area contributed by atoms with Crippen LogP contribution in [0.2, 0.25) is 0 Å². The number of nitrogens with zero attached hydrogens (tertiary/aromatic N) is 1. The second-order valence-electron chi connectivity index (χ2n) is 6.87. The Labute approximate surface area is 172 Å². The summed E-state index contributed by atoms with van der Waals surface area (Å²) in [6, 6.07) is 13.2. The van der Waals surface area contributed by atoms with E-state index in [0.29, 0.717) is 29.9 Å². The summed E-state index contributed by atoms with van der Waals surface area (Å²) in [7, 11) is 0. The van der Waals surface area contributed by atoms with Crippen LogP contribution in [0.5, 0.6) is 11.5 Å². The molecule has 0 radical (unpaired) electrons. The van der Waals surface area contributed by atoms with Crippen LogP contribution in [-0.4, -0.2) is 30.5 Å². The molecular formula is C24H29NO4. The fraction of sp³-hybridized carbons (Fsp3) is 0.333. The Bertz CT molecular complexity index is 840. The number of esters is 1. The number of hydrogen-bond acceptors (Lipinski definition) is 5. The summed E-state index contributed by atoms with van der Waals surface area (Å²) in [4.78, 5) is 15.7. The number of aromatic hydroxyl groups is 1. The zero-order valence-electron chi connectivity index (χ0n) is 17.2. The van der Waals surface area contributed by atoms with E-state index in [2.05, 4.69) is 30.6 Å². The highest BCUT2D eigenvalue weighted by Crippen LogP contribution is 2.23. The van der Waals surface area contributed by atoms with Gasteiger partial charge < -0.3 is 14.6 Å². The molecule has 0 bridgehead atoms. The Kier molecular flexibility index (Phi) is 8.96. The lowest BCUT2D eigenvalue weighted by atomic mass is 10.1. The fourth-order valence-corrected chi connectivity index (χ4v) is 2.53. The normalized spacial score (nSPS) is 10.8. The lowest BCUT2D eigenvalue weighted by Crippen LogP contribution is -2.09. The van der Waals surface area contributed by atoms with Crippen molar-refractivity contribution in [3.05, 3.63) is 65.7 Å². The van der Waals surface area contributed by atoms with Gasteiger partial charge in [-0.1, -0.05) is 32.1 Å². The average Bonchev–Trinajstić information content (AvgIpc) is 2.72. The van der Waals surface area contributed by atoms with Crippen molar-refractivity contribution >= 4 is 17.9 Å². The lowest BCUT2D eigenvalue weighted by Gasteiger charge is -2.08. The van der Waals surface area contributed by atoms with Gasteiger partial charge in [0.05, 0.1) is 18.9 Å². The molecule has 0 saturated carbocycles. The van der Waals surface area contributed by atoms with Gasteiger partial charge in [0.15, 0.2) is 0 Å². The smallest absolute Gasteiger partial charge is 0.333 e. The maximum atomic E-state index is 11.3. The van der Waals surface area contributed by atoms with E-state index < -0.39 is 5.97 Å². The molecule has 0 amide bonds. The number of aryl methyl sites for hydroxylation is 1. The Balaban J connectivity index is 1.83. The molecule has 5 nitrogen and oxygen atoms in total. The number of carbonyl (C=O) groups is 1. The largest absolute Gasteiger partial charge is 0.507 e. The van der Waals surface area contributed by atoms with Gasteiger partial charge in [0.1, 0.15) is 11.5 Å². The molecule has 2 aromatic carbocycles. The van der Waals surface area contributed by atoms with E-state index in [-0.39, 0.29) is 12.4 Å². The van der Waals surface area contributed by atoms with Crippen LogP contribution < -0.4 is 4.74 Å². The maximum absolute atomic E-state index is 11.3. The molecule has 2 rings (SSSR count). The molecule has 0 heterocycles. The number of carbonyl (C=O) groups excluding carboxylic acids is 1. The predicted molar refractivity (Wildman–Crippen MR) is 116 cm³/mol. The number of phenolic OH excluding ortho intramolecular Hbond substituents is 1. The first-order valence-electron chi connectivity index (χ1n) is 9.91. The van der Waals surface area contributed by atoms with Crippen LogP contribution in [0, 0.1) is 0 Å². The van der Waals surface area contributed by atoms with E-state index in [4.69, 9.17) is 9.47 Å². The van der Waals surface area contributed by atoms with Crippen molar-refractivity contribution in [1.29, 1.82) is 0 Å². The number of unbranched alkanes of at least 4 members (excludes halogenated alkanes) is 1. The van der Waals surface area contributed by atoms with E-state index in [1.165, 1.54) is 18.4 Å². The Morgan fingerprint density at radius 1 is 1.14 bits per heavy atom. The van der Waals surface area contributed by atoms with Crippen molar-refractivity contribution in [1.82, 2.24) is 0 Å². The van der Waals surface area contributed by atoms with Crippen LogP contribution in [0.4, 0.5) is 5.69 Å². The quantitative estimate of drug-likeness (QED) is 0.240. The van der Waals surface area contributed by atoms with E-state index in [1.54, 1.807) is 31.3 Å². The summed E-state index contributed by atoms with van der Waals surface area (Å²) in [6.07, 6.45) is 5.64. The van der Waals surface area contributed by atoms with E-state index in [0.717, 1.165) is 12.1 Å². The first-order chi connectivity index (χ1) is 14.0. The molecule has 0 aliphatic carbocycles. The standard InChI is InChI=1S/C24H29NO4/c1-4-5-7-19-8-11-21(12-9-19)25-17-20-10-13-22(16-23(20)26)28-14-6-15-29-24(27)18(2)3/h8-13,16-17,26H,2,4-7,14-15H2,1,3H3. The highest BCUT2D eigenvalue weighted by atomic mass is 16.5. The zero-order chi connectivity index (χ0) is 21.1. The molecule has 2 aromatic rings. The van der Waals surface area contributed by atoms with Crippen molar-refractivity contribution in [3.63, 3.8) is 0 Å². The molecule has 29 heavy (non-hydrogen) atoms. The fourth-order valence-electron chi connectivity index (χ4n) is 2.53. The van der Waals surface area contributed by atoms with Gasteiger partial charge in [-0.3, -0.25) is 4.99 Å². The van der Waals surface area contributed by atoms with Gasteiger partial charge >= 0.3 is 5.97 Å². The van der Waals surface area contributed by atoms with Crippen molar-refractivity contribution in [2.24, 2.45) is 4.99 Å². The first-order valence-corrected chi connectivity index (χ1v) is 9.91. The zero-order valence-corrected chi connectivity index (χ0v) is 17.2. The van der Waals surface area contributed by atoms with Crippen molar-refractivity contribution < 1.29 is 19.4 Å². The van der Waals surface area contributed by atoms with Crippen LogP contribution in [0.3, 0.4) is 0 Å². The van der Waals surface area contributed by atoms with Crippen molar-refractivity contribution in [3.8, 4) is 11.5 Å². The SMILES string of the molecule is C=C(C)C(=O)OCCCOc1ccc(C=Nc2ccc(CCCC)cc2)c(O)c1. The van der Waals surface area contributed by atoms with E-state index in [1.807, 2.05) is 12.1 Å². The number of hydrogen-bond donors (Lipinski definition) is 1. The van der Waals surface area contributed by atoms with Gasteiger partial charge in [-0.25, -0.2) is 4.79 Å². The third kappa shape index (κ3) is 7.82. The van der Waals surface area contributed by atoms with Gasteiger partial charge in [0.2, 0.25) is 0 Å². The summed E-state index contributed by atoms with van der Waals surface area (Å²) >= 11 is 0. The molecule has 0 aliphatic rings. The molecule has 5 heteroatoms. The molecule has 1 N–H and O–H groups in total.